The van der Waals surface area contributed by atoms with Crippen molar-refractivity contribution >= 4 is 22.6 Å². The highest BCUT2D eigenvalue weighted by molar-refractivity contribution is 14.1. The quantitative estimate of drug-likeness (QED) is 0.645. The van der Waals surface area contributed by atoms with Gasteiger partial charge in [0.05, 0.1) is 6.10 Å². The molecule has 0 saturated heterocycles. The van der Waals surface area contributed by atoms with Gasteiger partial charge in [0.1, 0.15) is 0 Å². The van der Waals surface area contributed by atoms with E-state index < -0.39 is 0 Å². The zero-order valence-corrected chi connectivity index (χ0v) is 10.5. The number of rotatable bonds is 5. The molecule has 0 amide bonds. The topological polar surface area (TPSA) is 32.3 Å². The minimum atomic E-state index is -0.209. The normalized spacial score (nSPS) is 12.8. The van der Waals surface area contributed by atoms with Crippen LogP contribution in [0.25, 0.3) is 0 Å². The van der Waals surface area contributed by atoms with Gasteiger partial charge in [0.15, 0.2) is 0 Å². The van der Waals surface area contributed by atoms with Crippen LogP contribution in [0.2, 0.25) is 0 Å². The summed E-state index contributed by atoms with van der Waals surface area (Å²) >= 11 is 2.30. The molecule has 0 fully saturated rings. The molecule has 2 N–H and O–H groups in total. The Morgan fingerprint density at radius 1 is 1.36 bits per heavy atom. The second-order valence-corrected chi connectivity index (χ2v) is 4.69. The number of benzene rings is 1. The molecule has 0 aliphatic rings. The number of hydrogen-bond acceptors (Lipinski definition) is 2. The molecular weight excluding hydrogens is 289 g/mol. The van der Waals surface area contributed by atoms with Gasteiger partial charge in [-0.05, 0) is 60.2 Å². The summed E-state index contributed by atoms with van der Waals surface area (Å²) in [6.45, 7) is 3.56. The van der Waals surface area contributed by atoms with Crippen molar-refractivity contribution in [2.24, 2.45) is 0 Å². The second-order valence-electron chi connectivity index (χ2n) is 3.44. The highest BCUT2D eigenvalue weighted by atomic mass is 127. The van der Waals surface area contributed by atoms with Crippen molar-refractivity contribution in [1.29, 1.82) is 0 Å². The highest BCUT2D eigenvalue weighted by Crippen LogP contribution is 2.06. The lowest BCUT2D eigenvalue weighted by molar-refractivity contribution is 0.183. The summed E-state index contributed by atoms with van der Waals surface area (Å²) in [7, 11) is 0. The van der Waals surface area contributed by atoms with E-state index in [0.29, 0.717) is 0 Å². The Balaban J connectivity index is 2.21. The molecule has 0 radical (unpaired) electrons. The third kappa shape index (κ3) is 4.93. The van der Waals surface area contributed by atoms with Crippen LogP contribution in [0.15, 0.2) is 24.3 Å². The summed E-state index contributed by atoms with van der Waals surface area (Å²) in [5.41, 5.74) is 1.29. The third-order valence-corrected chi connectivity index (χ3v) is 2.70. The second kappa shape index (κ2) is 6.37. The zero-order chi connectivity index (χ0) is 10.4. The maximum absolute atomic E-state index is 9.04. The molecule has 0 aromatic heterocycles. The Labute approximate surface area is 98.9 Å². The van der Waals surface area contributed by atoms with Crippen LogP contribution in [0, 0.1) is 3.57 Å². The first-order valence-corrected chi connectivity index (χ1v) is 5.89. The van der Waals surface area contributed by atoms with Crippen LogP contribution in [0.5, 0.6) is 0 Å². The molecule has 0 saturated carbocycles. The molecule has 0 bridgehead atoms. The highest BCUT2D eigenvalue weighted by Gasteiger charge is 1.95. The molecule has 3 heteroatoms. The maximum atomic E-state index is 9.04. The lowest BCUT2D eigenvalue weighted by Gasteiger charge is -2.06. The fraction of sp³-hybridized carbons (Fsp3) is 0.455. The van der Waals surface area contributed by atoms with E-state index in [-0.39, 0.29) is 6.10 Å². The van der Waals surface area contributed by atoms with E-state index in [2.05, 4.69) is 52.2 Å². The lowest BCUT2D eigenvalue weighted by Crippen LogP contribution is -2.18. The molecule has 0 spiro atoms. The summed E-state index contributed by atoms with van der Waals surface area (Å²) in [4.78, 5) is 0. The molecule has 78 valence electrons. The predicted molar refractivity (Wildman–Crippen MR) is 67.2 cm³/mol. The van der Waals surface area contributed by atoms with Gasteiger partial charge in [0.25, 0.3) is 0 Å². The fourth-order valence-corrected chi connectivity index (χ4v) is 1.51. The van der Waals surface area contributed by atoms with Gasteiger partial charge in [-0.2, -0.15) is 0 Å². The van der Waals surface area contributed by atoms with Crippen molar-refractivity contribution in [1.82, 2.24) is 5.32 Å². The first kappa shape index (κ1) is 11.9. The Kier molecular flexibility index (Phi) is 5.44. The zero-order valence-electron chi connectivity index (χ0n) is 8.33. The molecule has 1 aromatic carbocycles. The Bertz CT molecular complexity index is 258. The average Bonchev–Trinajstić information content (AvgIpc) is 2.15. The molecule has 1 unspecified atom stereocenters. The van der Waals surface area contributed by atoms with Crippen LogP contribution in [-0.2, 0) is 6.54 Å². The molecule has 0 heterocycles. The van der Waals surface area contributed by atoms with E-state index in [1.165, 1.54) is 9.13 Å². The van der Waals surface area contributed by atoms with Gasteiger partial charge < -0.3 is 10.4 Å². The van der Waals surface area contributed by atoms with Crippen molar-refractivity contribution in [3.63, 3.8) is 0 Å². The van der Waals surface area contributed by atoms with E-state index in [1.807, 2.05) is 6.92 Å². The van der Waals surface area contributed by atoms with Crippen molar-refractivity contribution in [3.05, 3.63) is 33.4 Å². The first-order chi connectivity index (χ1) is 6.68. The molecule has 1 atom stereocenters. The number of halogens is 1. The smallest absolute Gasteiger partial charge is 0.0524 e. The van der Waals surface area contributed by atoms with Crippen molar-refractivity contribution in [2.75, 3.05) is 6.54 Å². The van der Waals surface area contributed by atoms with Gasteiger partial charge in [-0.15, -0.1) is 0 Å². The van der Waals surface area contributed by atoms with E-state index in [1.54, 1.807) is 0 Å². The van der Waals surface area contributed by atoms with E-state index >= 15 is 0 Å². The van der Waals surface area contributed by atoms with Gasteiger partial charge in [-0.25, -0.2) is 0 Å². The molecule has 14 heavy (non-hydrogen) atoms. The summed E-state index contributed by atoms with van der Waals surface area (Å²) < 4.78 is 1.26. The van der Waals surface area contributed by atoms with E-state index in [0.717, 1.165) is 19.5 Å². The minimum absolute atomic E-state index is 0.209. The van der Waals surface area contributed by atoms with E-state index in [4.69, 9.17) is 5.11 Å². The van der Waals surface area contributed by atoms with Crippen LogP contribution in [0.3, 0.4) is 0 Å². The predicted octanol–water partition coefficient (Wildman–Crippen LogP) is 2.15. The lowest BCUT2D eigenvalue weighted by atomic mass is 10.2. The summed E-state index contributed by atoms with van der Waals surface area (Å²) in [5, 5.41) is 12.3. The van der Waals surface area contributed by atoms with Crippen LogP contribution in [0.4, 0.5) is 0 Å². The standard InChI is InChI=1S/C11H16INO/c1-9(14)6-7-13-8-10-2-4-11(12)5-3-10/h2-5,9,13-14H,6-8H2,1H3. The van der Waals surface area contributed by atoms with Gasteiger partial charge in [0, 0.05) is 10.1 Å². The number of nitrogens with one attached hydrogen (secondary N) is 1. The van der Waals surface area contributed by atoms with Crippen LogP contribution < -0.4 is 5.32 Å². The average molecular weight is 305 g/mol. The molecular formula is C11H16INO. The van der Waals surface area contributed by atoms with Crippen LogP contribution in [-0.4, -0.2) is 17.8 Å². The summed E-state index contributed by atoms with van der Waals surface area (Å²) in [5.74, 6) is 0. The van der Waals surface area contributed by atoms with E-state index in [9.17, 15) is 0 Å². The van der Waals surface area contributed by atoms with Gasteiger partial charge in [-0.3, -0.25) is 0 Å². The van der Waals surface area contributed by atoms with Gasteiger partial charge >= 0.3 is 0 Å². The SMILES string of the molecule is CC(O)CCNCc1ccc(I)cc1. The monoisotopic (exact) mass is 305 g/mol. The largest absolute Gasteiger partial charge is 0.393 e. The molecule has 0 aliphatic heterocycles. The van der Waals surface area contributed by atoms with Crippen molar-refractivity contribution < 1.29 is 5.11 Å². The fourth-order valence-electron chi connectivity index (χ4n) is 1.15. The van der Waals surface area contributed by atoms with Crippen molar-refractivity contribution in [2.45, 2.75) is 26.0 Å². The third-order valence-electron chi connectivity index (χ3n) is 1.98. The first-order valence-electron chi connectivity index (χ1n) is 4.81. The molecule has 0 aliphatic carbocycles. The van der Waals surface area contributed by atoms with Crippen molar-refractivity contribution in [3.8, 4) is 0 Å². The van der Waals surface area contributed by atoms with Gasteiger partial charge in [0.2, 0.25) is 0 Å². The number of hydrogen-bond donors (Lipinski definition) is 2. The molecule has 1 rings (SSSR count). The molecule has 2 nitrogen and oxygen atoms in total. The maximum Gasteiger partial charge on any atom is 0.0524 e. The van der Waals surface area contributed by atoms with Gasteiger partial charge in [-0.1, -0.05) is 12.1 Å². The Morgan fingerprint density at radius 3 is 2.57 bits per heavy atom. The van der Waals surface area contributed by atoms with Crippen LogP contribution >= 0.6 is 22.6 Å². The molecule has 1 aromatic rings. The van der Waals surface area contributed by atoms with Crippen LogP contribution in [0.1, 0.15) is 18.9 Å². The number of aliphatic hydroxyl groups is 1. The Morgan fingerprint density at radius 2 is 2.00 bits per heavy atom. The summed E-state index contributed by atoms with van der Waals surface area (Å²) in [6.07, 6.45) is 0.601. The Hall–Kier alpha value is -0.130. The number of aliphatic hydroxyl groups excluding tert-OH is 1. The minimum Gasteiger partial charge on any atom is -0.393 e. The summed E-state index contributed by atoms with van der Waals surface area (Å²) in [6, 6.07) is 8.45.